The highest BCUT2D eigenvalue weighted by molar-refractivity contribution is 6.74. The molecule has 0 bridgehead atoms. The third kappa shape index (κ3) is 5.68. The van der Waals surface area contributed by atoms with Gasteiger partial charge in [-0.3, -0.25) is 4.90 Å². The second kappa shape index (κ2) is 11.5. The lowest BCUT2D eigenvalue weighted by Gasteiger charge is -2.50. The van der Waals surface area contributed by atoms with E-state index in [1.807, 2.05) is 0 Å². The predicted molar refractivity (Wildman–Crippen MR) is 157 cm³/mol. The fourth-order valence-corrected chi connectivity index (χ4v) is 6.62. The van der Waals surface area contributed by atoms with Crippen molar-refractivity contribution in [3.05, 3.63) is 119 Å². The van der Waals surface area contributed by atoms with E-state index in [2.05, 4.69) is 136 Å². The van der Waals surface area contributed by atoms with Gasteiger partial charge in [-0.05, 0) is 46.8 Å². The standard InChI is InChI=1S/C33H43NO2Si/c1-32(2,3)37(5,6)36-31-22-24-34(26-27(31)23-25-35-4)33(28-16-10-7-11-17-28,29-18-12-8-13-19-29)30-20-14-9-15-21-30/h7-21,23,31H,22,24-26H2,1-6H3. The van der Waals surface area contributed by atoms with Crippen LogP contribution in [0.25, 0.3) is 0 Å². The van der Waals surface area contributed by atoms with E-state index < -0.39 is 13.9 Å². The number of hydrogen-bond donors (Lipinski definition) is 0. The van der Waals surface area contributed by atoms with Crippen molar-refractivity contribution in [3.8, 4) is 0 Å². The van der Waals surface area contributed by atoms with Crippen molar-refractivity contribution in [2.75, 3.05) is 26.8 Å². The van der Waals surface area contributed by atoms with Crippen molar-refractivity contribution in [1.29, 1.82) is 0 Å². The molecule has 1 aliphatic heterocycles. The number of piperidine rings is 1. The zero-order chi connectivity index (χ0) is 26.5. The second-order valence-electron chi connectivity index (χ2n) is 11.6. The minimum Gasteiger partial charge on any atom is -0.410 e. The largest absolute Gasteiger partial charge is 0.410 e. The number of ether oxygens (including phenoxy) is 1. The molecule has 4 heteroatoms. The highest BCUT2D eigenvalue weighted by Gasteiger charge is 2.46. The van der Waals surface area contributed by atoms with Crippen LogP contribution >= 0.6 is 0 Å². The van der Waals surface area contributed by atoms with Crippen molar-refractivity contribution in [1.82, 2.24) is 4.90 Å². The molecule has 0 saturated carbocycles. The zero-order valence-electron chi connectivity index (χ0n) is 23.4. The van der Waals surface area contributed by atoms with Crippen LogP contribution < -0.4 is 0 Å². The van der Waals surface area contributed by atoms with E-state index in [0.29, 0.717) is 6.61 Å². The molecule has 0 N–H and O–H groups in total. The average Bonchev–Trinajstić information content (AvgIpc) is 2.90. The molecule has 1 unspecified atom stereocenters. The maximum Gasteiger partial charge on any atom is 0.192 e. The number of likely N-dealkylation sites (tertiary alicyclic amines) is 1. The summed E-state index contributed by atoms with van der Waals surface area (Å²) in [6.07, 6.45) is 3.33. The van der Waals surface area contributed by atoms with Gasteiger partial charge in [0.15, 0.2) is 8.32 Å². The van der Waals surface area contributed by atoms with Crippen LogP contribution in [0, 0.1) is 0 Å². The number of hydrogen-bond acceptors (Lipinski definition) is 3. The van der Waals surface area contributed by atoms with Gasteiger partial charge in [0.05, 0.1) is 18.2 Å². The Bertz CT molecular complexity index is 1060. The van der Waals surface area contributed by atoms with Crippen LogP contribution in [-0.2, 0) is 14.7 Å². The van der Waals surface area contributed by atoms with Crippen molar-refractivity contribution >= 4 is 8.32 Å². The zero-order valence-corrected chi connectivity index (χ0v) is 24.4. The highest BCUT2D eigenvalue weighted by atomic mass is 28.4. The number of nitrogens with zero attached hydrogens (tertiary/aromatic N) is 1. The number of rotatable bonds is 8. The van der Waals surface area contributed by atoms with Gasteiger partial charge >= 0.3 is 0 Å². The van der Waals surface area contributed by atoms with Gasteiger partial charge in [-0.2, -0.15) is 0 Å². The SMILES string of the molecule is COCC=C1CN(C(c2ccccc2)(c2ccccc2)c2ccccc2)CCC1O[Si](C)(C)C(C)(C)C. The Morgan fingerprint density at radius 3 is 1.68 bits per heavy atom. The van der Waals surface area contributed by atoms with Crippen molar-refractivity contribution < 1.29 is 9.16 Å². The summed E-state index contributed by atoms with van der Waals surface area (Å²) in [6, 6.07) is 32.9. The van der Waals surface area contributed by atoms with Gasteiger partial charge < -0.3 is 9.16 Å². The molecular weight excluding hydrogens is 470 g/mol. The quantitative estimate of drug-likeness (QED) is 0.175. The molecule has 37 heavy (non-hydrogen) atoms. The Morgan fingerprint density at radius 1 is 0.811 bits per heavy atom. The molecule has 1 aliphatic rings. The van der Waals surface area contributed by atoms with Crippen molar-refractivity contribution in [3.63, 3.8) is 0 Å². The van der Waals surface area contributed by atoms with Crippen LogP contribution in [0.2, 0.25) is 18.1 Å². The molecule has 0 spiro atoms. The van der Waals surface area contributed by atoms with Gasteiger partial charge in [0.25, 0.3) is 0 Å². The van der Waals surface area contributed by atoms with Crippen molar-refractivity contribution in [2.45, 2.75) is 57.0 Å². The van der Waals surface area contributed by atoms with E-state index in [1.165, 1.54) is 22.3 Å². The van der Waals surface area contributed by atoms with Crippen LogP contribution in [-0.4, -0.2) is 46.1 Å². The normalized spacial score (nSPS) is 18.8. The lowest BCUT2D eigenvalue weighted by atomic mass is 9.74. The first-order chi connectivity index (χ1) is 17.7. The van der Waals surface area contributed by atoms with E-state index >= 15 is 0 Å². The molecule has 4 rings (SSSR count). The maximum atomic E-state index is 7.02. The molecule has 3 aromatic rings. The first-order valence-electron chi connectivity index (χ1n) is 13.5. The summed E-state index contributed by atoms with van der Waals surface area (Å²) in [6.45, 7) is 14.0. The fourth-order valence-electron chi connectivity index (χ4n) is 5.29. The third-order valence-corrected chi connectivity index (χ3v) is 12.7. The average molecular weight is 514 g/mol. The first-order valence-corrected chi connectivity index (χ1v) is 16.4. The summed E-state index contributed by atoms with van der Waals surface area (Å²) >= 11 is 0. The molecular formula is C33H43NO2Si. The van der Waals surface area contributed by atoms with E-state index in [4.69, 9.17) is 9.16 Å². The molecule has 1 saturated heterocycles. The summed E-state index contributed by atoms with van der Waals surface area (Å²) in [5, 5.41) is 0.165. The number of benzene rings is 3. The number of methoxy groups -OCH3 is 1. The van der Waals surface area contributed by atoms with Crippen LogP contribution in [0.3, 0.4) is 0 Å². The highest BCUT2D eigenvalue weighted by Crippen LogP contribution is 2.45. The molecule has 0 amide bonds. The molecule has 1 heterocycles. The minimum atomic E-state index is -1.93. The summed E-state index contributed by atoms with van der Waals surface area (Å²) in [4.78, 5) is 2.65. The van der Waals surface area contributed by atoms with Gasteiger partial charge in [0, 0.05) is 20.2 Å². The first kappa shape index (κ1) is 27.5. The van der Waals surface area contributed by atoms with Crippen LogP contribution in [0.1, 0.15) is 43.9 Å². The van der Waals surface area contributed by atoms with Gasteiger partial charge in [-0.25, -0.2) is 0 Å². The molecule has 1 fully saturated rings. The smallest absolute Gasteiger partial charge is 0.192 e. The summed E-state index contributed by atoms with van der Waals surface area (Å²) in [5.41, 5.74) is 4.74. The monoisotopic (exact) mass is 513 g/mol. The van der Waals surface area contributed by atoms with E-state index in [-0.39, 0.29) is 11.1 Å². The van der Waals surface area contributed by atoms with E-state index in [1.54, 1.807) is 7.11 Å². The maximum absolute atomic E-state index is 7.02. The van der Waals surface area contributed by atoms with Crippen LogP contribution in [0.15, 0.2) is 103 Å². The molecule has 196 valence electrons. The van der Waals surface area contributed by atoms with Gasteiger partial charge in [0.1, 0.15) is 0 Å². The van der Waals surface area contributed by atoms with Crippen molar-refractivity contribution in [2.24, 2.45) is 0 Å². The topological polar surface area (TPSA) is 21.7 Å². The lowest BCUT2D eigenvalue weighted by molar-refractivity contribution is 0.0891. The predicted octanol–water partition coefficient (Wildman–Crippen LogP) is 7.65. The summed E-state index contributed by atoms with van der Waals surface area (Å²) in [5.74, 6) is 0. The van der Waals surface area contributed by atoms with Gasteiger partial charge in [-0.1, -0.05) is 118 Å². The molecule has 1 atom stereocenters. The Labute approximate surface area is 225 Å². The van der Waals surface area contributed by atoms with Gasteiger partial charge in [0.2, 0.25) is 0 Å². The minimum absolute atomic E-state index is 0.118. The van der Waals surface area contributed by atoms with E-state index in [9.17, 15) is 0 Å². The second-order valence-corrected chi connectivity index (χ2v) is 16.4. The molecule has 0 aromatic heterocycles. The Balaban J connectivity index is 1.84. The summed E-state index contributed by atoms with van der Waals surface area (Å²) < 4.78 is 12.5. The Hall–Kier alpha value is -2.50. The van der Waals surface area contributed by atoms with Gasteiger partial charge in [-0.15, -0.1) is 0 Å². The lowest BCUT2D eigenvalue weighted by Crippen LogP contribution is -2.55. The third-order valence-electron chi connectivity index (χ3n) is 8.25. The van der Waals surface area contributed by atoms with E-state index in [0.717, 1.165) is 19.5 Å². The van der Waals surface area contributed by atoms with Crippen LogP contribution in [0.4, 0.5) is 0 Å². The molecule has 0 aliphatic carbocycles. The molecule has 0 radical (unpaired) electrons. The Morgan fingerprint density at radius 2 is 1.27 bits per heavy atom. The molecule has 3 nitrogen and oxygen atoms in total. The van der Waals surface area contributed by atoms with Crippen LogP contribution in [0.5, 0.6) is 0 Å². The Kier molecular flexibility index (Phi) is 8.55. The molecule has 3 aromatic carbocycles. The fraction of sp³-hybridized carbons (Fsp3) is 0.394. The summed E-state index contributed by atoms with van der Waals surface area (Å²) in [7, 11) is -0.166.